The van der Waals surface area contributed by atoms with Crippen molar-refractivity contribution < 1.29 is 9.59 Å². The SMILES string of the molecule is CCC(C)C(=O)N1CCc2[nH]nc(C(=O)NCc3cccc(C)c3)c2C1. The number of nitrogens with zero attached hydrogens (tertiary/aromatic N) is 2. The molecule has 0 saturated heterocycles. The van der Waals surface area contributed by atoms with Crippen LogP contribution in [0.15, 0.2) is 24.3 Å². The standard InChI is InChI=1S/C20H26N4O2/c1-4-14(3)20(26)24-9-8-17-16(12-24)18(23-22-17)19(25)21-11-15-7-5-6-13(2)10-15/h5-7,10,14H,4,8-9,11-12H2,1-3H3,(H,21,25)(H,22,23). The Balaban J connectivity index is 1.70. The number of nitrogens with one attached hydrogen (secondary N) is 2. The molecule has 2 amide bonds. The highest BCUT2D eigenvalue weighted by atomic mass is 16.2. The van der Waals surface area contributed by atoms with Crippen molar-refractivity contribution in [2.45, 2.75) is 46.7 Å². The quantitative estimate of drug-likeness (QED) is 0.866. The van der Waals surface area contributed by atoms with E-state index in [4.69, 9.17) is 0 Å². The molecule has 1 aromatic carbocycles. The summed E-state index contributed by atoms with van der Waals surface area (Å²) < 4.78 is 0. The Hall–Kier alpha value is -2.63. The highest BCUT2D eigenvalue weighted by Gasteiger charge is 2.29. The van der Waals surface area contributed by atoms with Crippen molar-refractivity contribution in [1.29, 1.82) is 0 Å². The van der Waals surface area contributed by atoms with Crippen molar-refractivity contribution in [1.82, 2.24) is 20.4 Å². The first kappa shape index (κ1) is 18.2. The van der Waals surface area contributed by atoms with E-state index >= 15 is 0 Å². The Morgan fingerprint density at radius 3 is 2.92 bits per heavy atom. The van der Waals surface area contributed by atoms with Gasteiger partial charge >= 0.3 is 0 Å². The van der Waals surface area contributed by atoms with Crippen LogP contribution in [-0.2, 0) is 24.3 Å². The molecule has 0 aliphatic carbocycles. The van der Waals surface area contributed by atoms with E-state index in [9.17, 15) is 9.59 Å². The summed E-state index contributed by atoms with van der Waals surface area (Å²) in [4.78, 5) is 26.9. The van der Waals surface area contributed by atoms with Crippen molar-refractivity contribution in [2.24, 2.45) is 5.92 Å². The van der Waals surface area contributed by atoms with Crippen LogP contribution in [0.5, 0.6) is 0 Å². The van der Waals surface area contributed by atoms with Gasteiger partial charge in [0.15, 0.2) is 5.69 Å². The third kappa shape index (κ3) is 3.79. The van der Waals surface area contributed by atoms with Gasteiger partial charge in [0.1, 0.15) is 0 Å². The largest absolute Gasteiger partial charge is 0.347 e. The lowest BCUT2D eigenvalue weighted by atomic mass is 10.0. The molecule has 0 spiro atoms. The molecule has 2 N–H and O–H groups in total. The van der Waals surface area contributed by atoms with Gasteiger partial charge in [0.05, 0.1) is 0 Å². The lowest BCUT2D eigenvalue weighted by molar-refractivity contribution is -0.136. The van der Waals surface area contributed by atoms with Crippen molar-refractivity contribution in [3.8, 4) is 0 Å². The molecule has 0 saturated carbocycles. The van der Waals surface area contributed by atoms with Gasteiger partial charge in [-0.1, -0.05) is 43.7 Å². The number of hydrogen-bond donors (Lipinski definition) is 2. The van der Waals surface area contributed by atoms with Crippen LogP contribution in [0, 0.1) is 12.8 Å². The molecular weight excluding hydrogens is 328 g/mol. The predicted molar refractivity (Wildman–Crippen MR) is 99.5 cm³/mol. The zero-order valence-electron chi connectivity index (χ0n) is 15.6. The zero-order valence-corrected chi connectivity index (χ0v) is 15.6. The number of carbonyl (C=O) groups excluding carboxylic acids is 2. The van der Waals surface area contributed by atoms with E-state index in [1.807, 2.05) is 49.9 Å². The molecule has 0 radical (unpaired) electrons. The van der Waals surface area contributed by atoms with Crippen molar-refractivity contribution >= 4 is 11.8 Å². The molecule has 0 fully saturated rings. The average Bonchev–Trinajstić information content (AvgIpc) is 3.08. The van der Waals surface area contributed by atoms with E-state index in [0.29, 0.717) is 31.7 Å². The Kier molecular flexibility index (Phi) is 5.40. The minimum Gasteiger partial charge on any atom is -0.347 e. The number of fused-ring (bicyclic) bond motifs is 1. The first-order chi connectivity index (χ1) is 12.5. The number of aromatic amines is 1. The molecule has 6 nitrogen and oxygen atoms in total. The molecule has 1 aromatic heterocycles. The highest BCUT2D eigenvalue weighted by Crippen LogP contribution is 2.22. The van der Waals surface area contributed by atoms with Crippen LogP contribution in [0.25, 0.3) is 0 Å². The monoisotopic (exact) mass is 354 g/mol. The fraction of sp³-hybridized carbons (Fsp3) is 0.450. The molecule has 1 atom stereocenters. The first-order valence-electron chi connectivity index (χ1n) is 9.18. The molecule has 0 bridgehead atoms. The summed E-state index contributed by atoms with van der Waals surface area (Å²) in [5.74, 6) is -0.0608. The average molecular weight is 354 g/mol. The van der Waals surface area contributed by atoms with Gasteiger partial charge in [0.2, 0.25) is 5.91 Å². The Morgan fingerprint density at radius 1 is 1.38 bits per heavy atom. The van der Waals surface area contributed by atoms with E-state index in [-0.39, 0.29) is 17.7 Å². The smallest absolute Gasteiger partial charge is 0.272 e. The van der Waals surface area contributed by atoms with Crippen LogP contribution in [0.2, 0.25) is 0 Å². The van der Waals surface area contributed by atoms with Gasteiger partial charge in [-0.15, -0.1) is 0 Å². The third-order valence-electron chi connectivity index (χ3n) is 5.03. The molecule has 2 heterocycles. The molecule has 6 heteroatoms. The van der Waals surface area contributed by atoms with Crippen LogP contribution in [0.1, 0.15) is 53.1 Å². The second-order valence-corrected chi connectivity index (χ2v) is 7.02. The Labute approximate surface area is 154 Å². The number of amides is 2. The second kappa shape index (κ2) is 7.72. The molecule has 26 heavy (non-hydrogen) atoms. The number of hydrogen-bond acceptors (Lipinski definition) is 3. The van der Waals surface area contributed by atoms with Crippen molar-refractivity contribution in [2.75, 3.05) is 6.54 Å². The summed E-state index contributed by atoms with van der Waals surface area (Å²) in [5.41, 5.74) is 4.41. The van der Waals surface area contributed by atoms with Crippen LogP contribution < -0.4 is 5.32 Å². The van der Waals surface area contributed by atoms with E-state index in [0.717, 1.165) is 28.8 Å². The van der Waals surface area contributed by atoms with Crippen LogP contribution in [0.4, 0.5) is 0 Å². The van der Waals surface area contributed by atoms with E-state index < -0.39 is 0 Å². The van der Waals surface area contributed by atoms with Gasteiger partial charge in [-0.05, 0) is 18.9 Å². The number of aryl methyl sites for hydroxylation is 1. The maximum Gasteiger partial charge on any atom is 0.272 e. The number of benzene rings is 1. The summed E-state index contributed by atoms with van der Waals surface area (Å²) in [6.07, 6.45) is 1.52. The van der Waals surface area contributed by atoms with E-state index in [1.54, 1.807) is 0 Å². The summed E-state index contributed by atoms with van der Waals surface area (Å²) in [5, 5.41) is 10.1. The highest BCUT2D eigenvalue weighted by molar-refractivity contribution is 5.94. The summed E-state index contributed by atoms with van der Waals surface area (Å²) in [6, 6.07) is 8.04. The maximum absolute atomic E-state index is 12.6. The number of H-pyrrole nitrogens is 1. The molecular formula is C20H26N4O2. The fourth-order valence-electron chi connectivity index (χ4n) is 3.25. The van der Waals surface area contributed by atoms with Gasteiger partial charge in [-0.3, -0.25) is 14.7 Å². The topological polar surface area (TPSA) is 78.1 Å². The van der Waals surface area contributed by atoms with Gasteiger partial charge in [-0.25, -0.2) is 0 Å². The molecule has 1 unspecified atom stereocenters. The van der Waals surface area contributed by atoms with Crippen LogP contribution >= 0.6 is 0 Å². The van der Waals surface area contributed by atoms with Crippen LogP contribution in [-0.4, -0.2) is 33.5 Å². The minimum absolute atomic E-state index is 0.00190. The lowest BCUT2D eigenvalue weighted by Gasteiger charge is -2.29. The van der Waals surface area contributed by atoms with Gasteiger partial charge < -0.3 is 10.2 Å². The number of carbonyl (C=O) groups is 2. The summed E-state index contributed by atoms with van der Waals surface area (Å²) >= 11 is 0. The van der Waals surface area contributed by atoms with Gasteiger partial charge in [0.25, 0.3) is 5.91 Å². The zero-order chi connectivity index (χ0) is 18.7. The Morgan fingerprint density at radius 2 is 2.19 bits per heavy atom. The van der Waals surface area contributed by atoms with E-state index in [2.05, 4.69) is 15.5 Å². The first-order valence-corrected chi connectivity index (χ1v) is 9.18. The molecule has 3 rings (SSSR count). The molecule has 2 aromatic rings. The maximum atomic E-state index is 12.6. The number of rotatable bonds is 5. The Bertz CT molecular complexity index is 812. The summed E-state index contributed by atoms with van der Waals surface area (Å²) in [7, 11) is 0. The minimum atomic E-state index is -0.207. The lowest BCUT2D eigenvalue weighted by Crippen LogP contribution is -2.39. The summed E-state index contributed by atoms with van der Waals surface area (Å²) in [6.45, 7) is 7.56. The van der Waals surface area contributed by atoms with Crippen molar-refractivity contribution in [3.05, 3.63) is 52.3 Å². The normalized spacial score (nSPS) is 14.7. The molecule has 138 valence electrons. The number of aromatic nitrogens is 2. The van der Waals surface area contributed by atoms with Gasteiger partial charge in [0, 0.05) is 43.2 Å². The molecule has 1 aliphatic rings. The van der Waals surface area contributed by atoms with Crippen molar-refractivity contribution in [3.63, 3.8) is 0 Å². The third-order valence-corrected chi connectivity index (χ3v) is 5.03. The van der Waals surface area contributed by atoms with Crippen LogP contribution in [0.3, 0.4) is 0 Å². The van der Waals surface area contributed by atoms with E-state index in [1.165, 1.54) is 0 Å². The fourth-order valence-corrected chi connectivity index (χ4v) is 3.25. The second-order valence-electron chi connectivity index (χ2n) is 7.02. The van der Waals surface area contributed by atoms with Gasteiger partial charge in [-0.2, -0.15) is 5.10 Å². The molecule has 1 aliphatic heterocycles. The predicted octanol–water partition coefficient (Wildman–Crippen LogP) is 2.58.